The molecule has 0 atom stereocenters. The van der Waals surface area contributed by atoms with E-state index in [1.165, 1.54) is 11.8 Å². The minimum Gasteiger partial charge on any atom is -0.370 e. The minimum atomic E-state index is 0.0570. The Kier molecular flexibility index (Phi) is 6.85. The largest absolute Gasteiger partial charge is 0.370 e. The molecule has 27 heavy (non-hydrogen) atoms. The highest BCUT2D eigenvalue weighted by atomic mass is 35.5. The topological polar surface area (TPSA) is 71.3 Å². The fraction of sp³-hybridized carbons (Fsp3) is 0.389. The van der Waals surface area contributed by atoms with Crippen molar-refractivity contribution in [2.24, 2.45) is 0 Å². The van der Waals surface area contributed by atoms with Crippen LogP contribution in [0.4, 0.5) is 5.82 Å². The summed E-state index contributed by atoms with van der Waals surface area (Å²) in [6, 6.07) is 1.93. The predicted octanol–water partition coefficient (Wildman–Crippen LogP) is 2.10. The van der Waals surface area contributed by atoms with Gasteiger partial charge < -0.3 is 10.6 Å². The van der Waals surface area contributed by atoms with E-state index in [0.29, 0.717) is 30.0 Å². The van der Waals surface area contributed by atoms with Crippen molar-refractivity contribution in [2.75, 3.05) is 30.4 Å². The van der Waals surface area contributed by atoms with Crippen LogP contribution in [0.15, 0.2) is 29.4 Å². The highest BCUT2D eigenvalue weighted by Crippen LogP contribution is 2.30. The number of nitrogens with one attached hydrogen (secondary N) is 2. The van der Waals surface area contributed by atoms with Gasteiger partial charge in [-0.3, -0.25) is 4.79 Å². The van der Waals surface area contributed by atoms with Crippen LogP contribution in [0.1, 0.15) is 25.0 Å². The van der Waals surface area contributed by atoms with E-state index in [-0.39, 0.29) is 5.91 Å². The summed E-state index contributed by atoms with van der Waals surface area (Å²) in [5.74, 6) is 1.33. The molecule has 2 N–H and O–H groups in total. The minimum absolute atomic E-state index is 0.0570. The lowest BCUT2D eigenvalue weighted by Crippen LogP contribution is -2.27. The third-order valence-electron chi connectivity index (χ3n) is 4.14. The zero-order valence-corrected chi connectivity index (χ0v) is 16.7. The maximum Gasteiger partial charge on any atom is 0.229 e. The standard InChI is InChI=1S/C18H21BClN5OS/c1-27-11-17(26)22-8-4-7-21-16-9-15(12-5-2-3-6-14(12)20)24-18-13(19)10-23-25(16)18/h2,5,9-10,21H,3-4,6-8,11H2,1H3,(H,22,26). The van der Waals surface area contributed by atoms with Crippen molar-refractivity contribution >= 4 is 59.6 Å². The SMILES string of the molecule is [B]c1cnn2c(NCCCNC(=O)CSC)cc(C3=C(Cl)CCC=C3)nc12. The third-order valence-corrected chi connectivity index (χ3v) is 5.08. The lowest BCUT2D eigenvalue weighted by molar-refractivity contribution is -0.118. The van der Waals surface area contributed by atoms with Crippen LogP contribution in [-0.4, -0.2) is 53.4 Å². The van der Waals surface area contributed by atoms with Crippen LogP contribution in [0, 0.1) is 0 Å². The summed E-state index contributed by atoms with van der Waals surface area (Å²) in [6.45, 7) is 1.30. The number of carbonyl (C=O) groups excluding carboxylic acids is 1. The van der Waals surface area contributed by atoms with Gasteiger partial charge in [-0.15, -0.1) is 0 Å². The number of amides is 1. The molecule has 1 aliphatic rings. The molecule has 140 valence electrons. The Labute approximate surface area is 169 Å². The summed E-state index contributed by atoms with van der Waals surface area (Å²) in [7, 11) is 6.03. The Morgan fingerprint density at radius 3 is 3.07 bits per heavy atom. The number of anilines is 1. The second-order valence-corrected chi connectivity index (χ2v) is 7.51. The Balaban J connectivity index is 1.74. The summed E-state index contributed by atoms with van der Waals surface area (Å²) in [5.41, 5.74) is 2.80. The van der Waals surface area contributed by atoms with Crippen molar-refractivity contribution in [1.82, 2.24) is 19.9 Å². The summed E-state index contributed by atoms with van der Waals surface area (Å²) < 4.78 is 1.69. The van der Waals surface area contributed by atoms with Gasteiger partial charge in [-0.05, 0) is 31.0 Å². The molecule has 9 heteroatoms. The van der Waals surface area contributed by atoms with E-state index in [0.717, 1.165) is 41.4 Å². The number of hydrogen-bond acceptors (Lipinski definition) is 5. The van der Waals surface area contributed by atoms with Crippen molar-refractivity contribution < 1.29 is 4.79 Å². The predicted molar refractivity (Wildman–Crippen MR) is 114 cm³/mol. The van der Waals surface area contributed by atoms with E-state index >= 15 is 0 Å². The van der Waals surface area contributed by atoms with E-state index < -0.39 is 0 Å². The van der Waals surface area contributed by atoms with Gasteiger partial charge in [0.25, 0.3) is 0 Å². The van der Waals surface area contributed by atoms with Crippen LogP contribution in [-0.2, 0) is 4.79 Å². The van der Waals surface area contributed by atoms with Crippen molar-refractivity contribution in [2.45, 2.75) is 19.3 Å². The molecule has 6 nitrogen and oxygen atoms in total. The van der Waals surface area contributed by atoms with Gasteiger partial charge >= 0.3 is 0 Å². The van der Waals surface area contributed by atoms with Crippen LogP contribution >= 0.6 is 23.4 Å². The van der Waals surface area contributed by atoms with Gasteiger partial charge in [0.05, 0.1) is 11.4 Å². The van der Waals surface area contributed by atoms with Gasteiger partial charge in [0, 0.05) is 36.0 Å². The van der Waals surface area contributed by atoms with Crippen LogP contribution in [0.3, 0.4) is 0 Å². The smallest absolute Gasteiger partial charge is 0.229 e. The number of aromatic nitrogens is 3. The van der Waals surface area contributed by atoms with Gasteiger partial charge in [-0.25, -0.2) is 4.98 Å². The molecule has 1 aliphatic carbocycles. The highest BCUT2D eigenvalue weighted by molar-refractivity contribution is 7.99. The van der Waals surface area contributed by atoms with Crippen LogP contribution in [0.5, 0.6) is 0 Å². The number of nitrogens with zero attached hydrogens (tertiary/aromatic N) is 3. The van der Waals surface area contributed by atoms with Crippen molar-refractivity contribution in [3.05, 3.63) is 35.1 Å². The molecule has 0 unspecified atom stereocenters. The fourth-order valence-corrected chi connectivity index (χ4v) is 3.45. The normalized spacial score (nSPS) is 14.0. The maximum absolute atomic E-state index is 11.5. The second kappa shape index (κ2) is 9.33. The van der Waals surface area contributed by atoms with Crippen LogP contribution in [0.25, 0.3) is 11.2 Å². The molecule has 0 fully saturated rings. The average Bonchev–Trinajstić information content (AvgIpc) is 3.03. The van der Waals surface area contributed by atoms with E-state index in [4.69, 9.17) is 19.4 Å². The lowest BCUT2D eigenvalue weighted by atomic mass is 10.00. The Morgan fingerprint density at radius 2 is 2.30 bits per heavy atom. The Bertz CT molecular complexity index is 895. The average molecular weight is 402 g/mol. The highest BCUT2D eigenvalue weighted by Gasteiger charge is 2.14. The van der Waals surface area contributed by atoms with Crippen molar-refractivity contribution in [1.29, 1.82) is 0 Å². The molecule has 0 saturated heterocycles. The van der Waals surface area contributed by atoms with Gasteiger partial charge in [-0.2, -0.15) is 21.4 Å². The van der Waals surface area contributed by atoms with Gasteiger partial charge in [-0.1, -0.05) is 23.8 Å². The van der Waals surface area contributed by atoms with E-state index in [1.54, 1.807) is 10.7 Å². The number of allylic oxidation sites excluding steroid dienone is 4. The van der Waals surface area contributed by atoms with Crippen LogP contribution in [0.2, 0.25) is 0 Å². The van der Waals surface area contributed by atoms with E-state index in [9.17, 15) is 4.79 Å². The van der Waals surface area contributed by atoms with Gasteiger partial charge in [0.15, 0.2) is 5.65 Å². The molecule has 0 aliphatic heterocycles. The molecule has 0 aromatic carbocycles. The zero-order chi connectivity index (χ0) is 19.2. The fourth-order valence-electron chi connectivity index (χ4n) is 2.82. The molecule has 0 saturated carbocycles. The quantitative estimate of drug-likeness (QED) is 0.523. The lowest BCUT2D eigenvalue weighted by Gasteiger charge is -2.14. The van der Waals surface area contributed by atoms with Crippen molar-refractivity contribution in [3.8, 4) is 0 Å². The molecular weight excluding hydrogens is 381 g/mol. The molecule has 2 aromatic heterocycles. The molecule has 2 radical (unpaired) electrons. The Hall–Kier alpha value is -1.93. The van der Waals surface area contributed by atoms with Crippen LogP contribution < -0.4 is 16.1 Å². The summed E-state index contributed by atoms with van der Waals surface area (Å²) in [4.78, 5) is 16.1. The summed E-state index contributed by atoms with van der Waals surface area (Å²) in [5, 5.41) is 11.4. The molecule has 2 heterocycles. The number of thioether (sulfide) groups is 1. The van der Waals surface area contributed by atoms with Crippen molar-refractivity contribution in [3.63, 3.8) is 0 Å². The number of halogens is 1. The first-order valence-corrected chi connectivity index (χ1v) is 10.6. The molecule has 0 bridgehead atoms. The second-order valence-electron chi connectivity index (χ2n) is 6.18. The Morgan fingerprint density at radius 1 is 1.44 bits per heavy atom. The molecule has 2 aromatic rings. The first-order valence-electron chi connectivity index (χ1n) is 8.79. The molecule has 0 spiro atoms. The number of fused-ring (bicyclic) bond motifs is 1. The monoisotopic (exact) mass is 401 g/mol. The number of hydrogen-bond donors (Lipinski definition) is 2. The first kappa shape index (κ1) is 19.8. The molecular formula is C18H21BClN5OS. The van der Waals surface area contributed by atoms with E-state index in [1.807, 2.05) is 18.4 Å². The van der Waals surface area contributed by atoms with Gasteiger partial charge in [0.2, 0.25) is 5.91 Å². The third kappa shape index (κ3) is 4.87. The maximum atomic E-state index is 11.5. The molecule has 1 amide bonds. The van der Waals surface area contributed by atoms with Gasteiger partial charge in [0.1, 0.15) is 13.7 Å². The first-order chi connectivity index (χ1) is 13.1. The number of carbonyl (C=O) groups is 1. The summed E-state index contributed by atoms with van der Waals surface area (Å²) >= 11 is 7.92. The summed E-state index contributed by atoms with van der Waals surface area (Å²) in [6.07, 6.45) is 10.1. The van der Waals surface area contributed by atoms with E-state index in [2.05, 4.69) is 26.8 Å². The molecule has 3 rings (SSSR count). The zero-order valence-electron chi connectivity index (χ0n) is 15.2. The number of rotatable bonds is 8.